The summed E-state index contributed by atoms with van der Waals surface area (Å²) in [7, 11) is 0. The number of hydrogen-bond donors (Lipinski definition) is 1. The summed E-state index contributed by atoms with van der Waals surface area (Å²) in [5.74, 6) is -0.811. The topological polar surface area (TPSA) is 46.5 Å². The van der Waals surface area contributed by atoms with E-state index < -0.39 is 5.97 Å². The number of halogens is 1. The summed E-state index contributed by atoms with van der Waals surface area (Å²) in [5.41, 5.74) is 3.38. The van der Waals surface area contributed by atoms with Gasteiger partial charge in [0.2, 0.25) is 0 Å². The number of carboxylic acid groups (broad SMARTS) is 1. The molecule has 2 rings (SSSR count). The van der Waals surface area contributed by atoms with Crippen LogP contribution in [0.4, 0.5) is 0 Å². The van der Waals surface area contributed by atoms with Crippen molar-refractivity contribution < 1.29 is 14.6 Å². The highest BCUT2D eigenvalue weighted by Crippen LogP contribution is 2.27. The first-order valence-corrected chi connectivity index (χ1v) is 6.57. The molecule has 0 bridgehead atoms. The Morgan fingerprint density at radius 3 is 2.60 bits per heavy atom. The predicted octanol–water partition coefficient (Wildman–Crippen LogP) is 4.23. The van der Waals surface area contributed by atoms with E-state index in [0.717, 1.165) is 5.56 Å². The molecule has 0 atom stereocenters. The first kappa shape index (κ1) is 14.4. The molecule has 0 aliphatic heterocycles. The zero-order chi connectivity index (χ0) is 14.7. The summed E-state index contributed by atoms with van der Waals surface area (Å²) >= 11 is 5.89. The van der Waals surface area contributed by atoms with Crippen LogP contribution in [-0.4, -0.2) is 11.1 Å². The highest BCUT2D eigenvalue weighted by atomic mass is 35.5. The van der Waals surface area contributed by atoms with Crippen LogP contribution in [-0.2, 0) is 6.61 Å². The van der Waals surface area contributed by atoms with Gasteiger partial charge in [-0.3, -0.25) is 0 Å². The number of carboxylic acids is 1. The Kier molecular flexibility index (Phi) is 4.30. The Morgan fingerprint density at radius 2 is 1.95 bits per heavy atom. The summed E-state index contributed by atoms with van der Waals surface area (Å²) in [6.07, 6.45) is 0. The third kappa shape index (κ3) is 3.11. The second-order valence-corrected chi connectivity index (χ2v) is 5.03. The minimum Gasteiger partial charge on any atom is -0.488 e. The monoisotopic (exact) mass is 290 g/mol. The normalized spacial score (nSPS) is 10.3. The zero-order valence-electron chi connectivity index (χ0n) is 11.3. The van der Waals surface area contributed by atoms with Gasteiger partial charge in [-0.1, -0.05) is 35.9 Å². The lowest BCUT2D eigenvalue weighted by Crippen LogP contribution is -2.04. The van der Waals surface area contributed by atoms with E-state index in [2.05, 4.69) is 0 Å². The summed E-state index contributed by atoms with van der Waals surface area (Å²) in [4.78, 5) is 11.2. The molecular weight excluding hydrogens is 276 g/mol. The van der Waals surface area contributed by atoms with Crippen molar-refractivity contribution in [3.8, 4) is 5.75 Å². The maximum Gasteiger partial charge on any atom is 0.341 e. The van der Waals surface area contributed by atoms with E-state index in [1.54, 1.807) is 12.1 Å². The number of carbonyl (C=O) groups is 1. The van der Waals surface area contributed by atoms with E-state index in [1.165, 1.54) is 17.2 Å². The molecule has 20 heavy (non-hydrogen) atoms. The standard InChI is InChI=1S/C16H15ClO3/c1-10-6-7-12(8-11(10)2)9-20-14-5-3-4-13(17)15(14)16(18)19/h3-8H,9H2,1-2H3,(H,18,19). The summed E-state index contributed by atoms with van der Waals surface area (Å²) < 4.78 is 5.59. The number of aromatic carboxylic acids is 1. The molecule has 0 aliphatic rings. The van der Waals surface area contributed by atoms with Crippen molar-refractivity contribution in [3.63, 3.8) is 0 Å². The van der Waals surface area contributed by atoms with E-state index in [0.29, 0.717) is 6.61 Å². The van der Waals surface area contributed by atoms with Crippen molar-refractivity contribution in [1.29, 1.82) is 0 Å². The van der Waals surface area contributed by atoms with Crippen molar-refractivity contribution >= 4 is 17.6 Å². The molecule has 1 N–H and O–H groups in total. The molecule has 0 radical (unpaired) electrons. The molecule has 2 aromatic rings. The molecule has 2 aromatic carbocycles. The van der Waals surface area contributed by atoms with E-state index in [-0.39, 0.29) is 16.3 Å². The van der Waals surface area contributed by atoms with Gasteiger partial charge in [-0.25, -0.2) is 4.79 Å². The van der Waals surface area contributed by atoms with Crippen molar-refractivity contribution in [2.75, 3.05) is 0 Å². The van der Waals surface area contributed by atoms with Gasteiger partial charge in [0, 0.05) is 0 Å². The average Bonchev–Trinajstić information content (AvgIpc) is 2.39. The molecule has 0 aromatic heterocycles. The molecule has 0 heterocycles. The predicted molar refractivity (Wildman–Crippen MR) is 78.7 cm³/mol. The third-order valence-corrected chi connectivity index (χ3v) is 3.47. The lowest BCUT2D eigenvalue weighted by molar-refractivity contribution is 0.0692. The molecule has 0 saturated carbocycles. The van der Waals surface area contributed by atoms with Gasteiger partial charge in [-0.15, -0.1) is 0 Å². The van der Waals surface area contributed by atoms with Gasteiger partial charge in [0.1, 0.15) is 17.9 Å². The van der Waals surface area contributed by atoms with Crippen molar-refractivity contribution in [2.45, 2.75) is 20.5 Å². The van der Waals surface area contributed by atoms with Crippen LogP contribution in [0.25, 0.3) is 0 Å². The maximum atomic E-state index is 11.2. The van der Waals surface area contributed by atoms with Crippen molar-refractivity contribution in [1.82, 2.24) is 0 Å². The van der Waals surface area contributed by atoms with Crippen molar-refractivity contribution in [2.24, 2.45) is 0 Å². The van der Waals surface area contributed by atoms with Gasteiger partial charge in [0.05, 0.1) is 5.02 Å². The van der Waals surface area contributed by atoms with E-state index in [1.807, 2.05) is 32.0 Å². The molecule has 3 nitrogen and oxygen atoms in total. The quantitative estimate of drug-likeness (QED) is 0.916. The average molecular weight is 291 g/mol. The number of rotatable bonds is 4. The fourth-order valence-electron chi connectivity index (χ4n) is 1.89. The Balaban J connectivity index is 2.21. The van der Waals surface area contributed by atoms with Crippen LogP contribution in [0.1, 0.15) is 27.0 Å². The van der Waals surface area contributed by atoms with Gasteiger partial charge in [-0.05, 0) is 42.7 Å². The third-order valence-electron chi connectivity index (χ3n) is 3.15. The minimum absolute atomic E-state index is 0.00185. The molecule has 0 fully saturated rings. The van der Waals surface area contributed by atoms with Gasteiger partial charge in [0.15, 0.2) is 0 Å². The van der Waals surface area contributed by atoms with Crippen LogP contribution >= 0.6 is 11.6 Å². The first-order valence-electron chi connectivity index (χ1n) is 6.20. The number of benzene rings is 2. The van der Waals surface area contributed by atoms with E-state index >= 15 is 0 Å². The molecule has 0 unspecified atom stereocenters. The Morgan fingerprint density at radius 1 is 1.20 bits per heavy atom. The second kappa shape index (κ2) is 5.97. The highest BCUT2D eigenvalue weighted by Gasteiger charge is 2.15. The van der Waals surface area contributed by atoms with Crippen LogP contribution < -0.4 is 4.74 Å². The van der Waals surface area contributed by atoms with Gasteiger partial charge >= 0.3 is 5.97 Å². The van der Waals surface area contributed by atoms with Gasteiger partial charge < -0.3 is 9.84 Å². The second-order valence-electron chi connectivity index (χ2n) is 4.63. The van der Waals surface area contributed by atoms with E-state index in [4.69, 9.17) is 21.4 Å². The highest BCUT2D eigenvalue weighted by molar-refractivity contribution is 6.33. The SMILES string of the molecule is Cc1ccc(COc2cccc(Cl)c2C(=O)O)cc1C. The summed E-state index contributed by atoms with van der Waals surface area (Å²) in [5, 5.41) is 9.34. The van der Waals surface area contributed by atoms with Crippen LogP contribution in [0.15, 0.2) is 36.4 Å². The zero-order valence-corrected chi connectivity index (χ0v) is 12.1. The fourth-order valence-corrected chi connectivity index (χ4v) is 2.13. The van der Waals surface area contributed by atoms with E-state index in [9.17, 15) is 4.79 Å². The largest absolute Gasteiger partial charge is 0.488 e. The molecule has 0 saturated heterocycles. The Labute approximate surface area is 122 Å². The van der Waals surface area contributed by atoms with Crippen LogP contribution in [0, 0.1) is 13.8 Å². The molecular formula is C16H15ClO3. The number of hydrogen-bond acceptors (Lipinski definition) is 2. The Bertz CT molecular complexity index is 650. The van der Waals surface area contributed by atoms with Gasteiger partial charge in [-0.2, -0.15) is 0 Å². The summed E-state index contributed by atoms with van der Waals surface area (Å²) in [6, 6.07) is 10.8. The van der Waals surface area contributed by atoms with Crippen LogP contribution in [0.5, 0.6) is 5.75 Å². The number of aryl methyl sites for hydroxylation is 2. The van der Waals surface area contributed by atoms with Crippen LogP contribution in [0.2, 0.25) is 5.02 Å². The molecule has 0 aliphatic carbocycles. The smallest absolute Gasteiger partial charge is 0.341 e. The summed E-state index contributed by atoms with van der Waals surface area (Å²) in [6.45, 7) is 4.38. The molecule has 0 amide bonds. The first-order chi connectivity index (χ1) is 9.49. The maximum absolute atomic E-state index is 11.2. The molecule has 0 spiro atoms. The minimum atomic E-state index is -1.09. The lowest BCUT2D eigenvalue weighted by Gasteiger charge is -2.11. The molecule has 104 valence electrons. The number of ether oxygens (including phenoxy) is 1. The fraction of sp³-hybridized carbons (Fsp3) is 0.188. The van der Waals surface area contributed by atoms with Crippen molar-refractivity contribution in [3.05, 3.63) is 63.7 Å². The molecule has 4 heteroatoms. The van der Waals surface area contributed by atoms with Gasteiger partial charge in [0.25, 0.3) is 0 Å². The van der Waals surface area contributed by atoms with Crippen LogP contribution in [0.3, 0.4) is 0 Å². The lowest BCUT2D eigenvalue weighted by atomic mass is 10.1. The Hall–Kier alpha value is -2.00.